The van der Waals surface area contributed by atoms with Crippen molar-refractivity contribution in [3.8, 4) is 0 Å². The quantitative estimate of drug-likeness (QED) is 0.889. The Bertz CT molecular complexity index is 609. The van der Waals surface area contributed by atoms with Crippen molar-refractivity contribution in [2.75, 3.05) is 11.1 Å². The molecule has 1 aromatic carbocycles. The van der Waals surface area contributed by atoms with Gasteiger partial charge in [-0.3, -0.25) is 4.79 Å². The Morgan fingerprint density at radius 2 is 2.17 bits per heavy atom. The normalized spacial score (nSPS) is 10.4. The van der Waals surface area contributed by atoms with E-state index >= 15 is 0 Å². The van der Waals surface area contributed by atoms with E-state index in [2.05, 4.69) is 26.2 Å². The second-order valence-corrected chi connectivity index (χ2v) is 5.79. The molecule has 0 saturated heterocycles. The van der Waals surface area contributed by atoms with Gasteiger partial charge in [0.25, 0.3) is 5.91 Å². The first-order valence-corrected chi connectivity index (χ1v) is 6.88. The lowest BCUT2D eigenvalue weighted by molar-refractivity contribution is 0.103. The van der Waals surface area contributed by atoms with Crippen molar-refractivity contribution in [2.45, 2.75) is 13.8 Å². The summed E-state index contributed by atoms with van der Waals surface area (Å²) in [6, 6.07) is 5.77. The van der Waals surface area contributed by atoms with Gasteiger partial charge in [0, 0.05) is 4.47 Å². The molecular weight excluding hydrogens is 314 g/mol. The largest absolute Gasteiger partial charge is 0.375 e. The smallest absolute Gasteiger partial charge is 0.267 e. The fourth-order valence-electron chi connectivity index (χ4n) is 1.54. The van der Waals surface area contributed by atoms with E-state index in [-0.39, 0.29) is 5.91 Å². The van der Waals surface area contributed by atoms with Crippen LogP contribution in [-0.4, -0.2) is 10.9 Å². The number of hydrogen-bond acceptors (Lipinski definition) is 4. The number of nitrogens with two attached hydrogens (primary N) is 1. The van der Waals surface area contributed by atoms with Gasteiger partial charge in [-0.15, -0.1) is 0 Å². The first-order chi connectivity index (χ1) is 8.47. The molecule has 18 heavy (non-hydrogen) atoms. The highest BCUT2D eigenvalue weighted by Gasteiger charge is 2.15. The number of anilines is 2. The molecule has 0 radical (unpaired) electrons. The van der Waals surface area contributed by atoms with Crippen molar-refractivity contribution in [1.29, 1.82) is 0 Å². The van der Waals surface area contributed by atoms with Crippen molar-refractivity contribution in [3.63, 3.8) is 0 Å². The number of aromatic nitrogens is 1. The highest BCUT2D eigenvalue weighted by Crippen LogP contribution is 2.26. The molecular formula is C12H12BrN3OS. The molecule has 0 aliphatic rings. The van der Waals surface area contributed by atoms with Gasteiger partial charge in [-0.1, -0.05) is 17.4 Å². The number of amides is 1. The lowest BCUT2D eigenvalue weighted by atomic mass is 10.2. The summed E-state index contributed by atoms with van der Waals surface area (Å²) in [5, 5.41) is 3.25. The number of benzene rings is 1. The highest BCUT2D eigenvalue weighted by molar-refractivity contribution is 9.10. The van der Waals surface area contributed by atoms with Crippen LogP contribution in [0.3, 0.4) is 0 Å². The second-order valence-electron chi connectivity index (χ2n) is 3.90. The second kappa shape index (κ2) is 5.07. The van der Waals surface area contributed by atoms with Crippen molar-refractivity contribution in [2.24, 2.45) is 0 Å². The number of aryl methyl sites for hydroxylation is 2. The topological polar surface area (TPSA) is 68.0 Å². The molecule has 4 nitrogen and oxygen atoms in total. The summed E-state index contributed by atoms with van der Waals surface area (Å²) < 4.78 is 0.844. The van der Waals surface area contributed by atoms with Gasteiger partial charge >= 0.3 is 0 Å². The maximum Gasteiger partial charge on any atom is 0.267 e. The summed E-state index contributed by atoms with van der Waals surface area (Å²) in [5.41, 5.74) is 8.05. The molecule has 3 N–H and O–H groups in total. The Morgan fingerprint density at radius 3 is 2.78 bits per heavy atom. The van der Waals surface area contributed by atoms with Gasteiger partial charge in [-0.05, 0) is 47.5 Å². The van der Waals surface area contributed by atoms with Crippen LogP contribution in [0, 0.1) is 13.8 Å². The third kappa shape index (κ3) is 2.70. The number of carbonyl (C=O) groups is 1. The molecule has 1 amide bonds. The third-order valence-electron chi connectivity index (χ3n) is 2.39. The van der Waals surface area contributed by atoms with Crippen molar-refractivity contribution in [3.05, 3.63) is 38.8 Å². The molecule has 1 heterocycles. The minimum Gasteiger partial charge on any atom is -0.375 e. The van der Waals surface area contributed by atoms with Gasteiger partial charge in [-0.25, -0.2) is 4.98 Å². The molecule has 0 atom stereocenters. The number of nitrogens with zero attached hydrogens (tertiary/aromatic N) is 1. The zero-order valence-corrected chi connectivity index (χ0v) is 12.4. The average Bonchev–Trinajstić information content (AvgIpc) is 2.63. The predicted molar refractivity (Wildman–Crippen MR) is 78.1 cm³/mol. The van der Waals surface area contributed by atoms with Gasteiger partial charge in [0.05, 0.1) is 11.4 Å². The predicted octanol–water partition coefficient (Wildman–Crippen LogP) is 3.36. The molecule has 0 saturated carbocycles. The number of carbonyl (C=O) groups excluding carboxylic acids is 1. The number of nitrogen functional groups attached to an aromatic ring is 1. The fraction of sp³-hybridized carbons (Fsp3) is 0.167. The number of rotatable bonds is 2. The Balaban J connectivity index is 2.26. The van der Waals surface area contributed by atoms with E-state index in [1.807, 2.05) is 25.1 Å². The highest BCUT2D eigenvalue weighted by atomic mass is 79.9. The molecule has 0 aliphatic carbocycles. The van der Waals surface area contributed by atoms with Gasteiger partial charge in [0.15, 0.2) is 5.13 Å². The molecule has 0 unspecified atom stereocenters. The van der Waals surface area contributed by atoms with Gasteiger partial charge < -0.3 is 11.1 Å². The number of thiazole rings is 1. The SMILES string of the molecule is Cc1ccc(Br)c(NC(=O)c2sc(N)nc2C)c1. The first-order valence-electron chi connectivity index (χ1n) is 5.28. The van der Waals surface area contributed by atoms with Crippen LogP contribution in [0.4, 0.5) is 10.8 Å². The maximum absolute atomic E-state index is 12.1. The van der Waals surface area contributed by atoms with E-state index in [1.165, 1.54) is 11.3 Å². The van der Waals surface area contributed by atoms with Crippen LogP contribution in [0.2, 0.25) is 0 Å². The zero-order chi connectivity index (χ0) is 13.3. The van der Waals surface area contributed by atoms with Gasteiger partial charge in [0.2, 0.25) is 0 Å². The lowest BCUT2D eigenvalue weighted by Crippen LogP contribution is -2.12. The van der Waals surface area contributed by atoms with E-state index in [1.54, 1.807) is 6.92 Å². The van der Waals surface area contributed by atoms with Crippen LogP contribution < -0.4 is 11.1 Å². The molecule has 2 rings (SSSR count). The average molecular weight is 326 g/mol. The van der Waals surface area contributed by atoms with E-state index in [9.17, 15) is 4.79 Å². The summed E-state index contributed by atoms with van der Waals surface area (Å²) in [5.74, 6) is -0.187. The van der Waals surface area contributed by atoms with Gasteiger partial charge in [0.1, 0.15) is 4.88 Å². The summed E-state index contributed by atoms with van der Waals surface area (Å²) >= 11 is 4.59. The minimum absolute atomic E-state index is 0.187. The summed E-state index contributed by atoms with van der Waals surface area (Å²) in [4.78, 5) is 16.7. The minimum atomic E-state index is -0.187. The molecule has 6 heteroatoms. The standard InChI is InChI=1S/C12H12BrN3OS/c1-6-3-4-8(13)9(5-6)16-11(17)10-7(2)15-12(14)18-10/h3-5H,1-2H3,(H2,14,15)(H,16,17). The molecule has 2 aromatic rings. The van der Waals surface area contributed by atoms with Crippen LogP contribution in [0.15, 0.2) is 22.7 Å². The van der Waals surface area contributed by atoms with E-state index in [4.69, 9.17) is 5.73 Å². The summed E-state index contributed by atoms with van der Waals surface area (Å²) in [6.07, 6.45) is 0. The number of nitrogens with one attached hydrogen (secondary N) is 1. The molecule has 94 valence electrons. The van der Waals surface area contributed by atoms with Crippen LogP contribution in [0.1, 0.15) is 20.9 Å². The monoisotopic (exact) mass is 325 g/mol. The van der Waals surface area contributed by atoms with Crippen LogP contribution >= 0.6 is 27.3 Å². The molecule has 0 aliphatic heterocycles. The third-order valence-corrected chi connectivity index (χ3v) is 4.07. The fourth-order valence-corrected chi connectivity index (χ4v) is 2.62. The molecule has 0 fully saturated rings. The Morgan fingerprint density at radius 1 is 1.44 bits per heavy atom. The zero-order valence-electron chi connectivity index (χ0n) is 9.95. The molecule has 0 bridgehead atoms. The summed E-state index contributed by atoms with van der Waals surface area (Å²) in [6.45, 7) is 3.74. The number of hydrogen-bond donors (Lipinski definition) is 2. The van der Waals surface area contributed by atoms with E-state index < -0.39 is 0 Å². The van der Waals surface area contributed by atoms with Crippen LogP contribution in [-0.2, 0) is 0 Å². The molecule has 0 spiro atoms. The van der Waals surface area contributed by atoms with E-state index in [0.717, 1.165) is 15.7 Å². The Labute approximate surface area is 117 Å². The van der Waals surface area contributed by atoms with Crippen molar-refractivity contribution < 1.29 is 4.79 Å². The maximum atomic E-state index is 12.1. The summed E-state index contributed by atoms with van der Waals surface area (Å²) in [7, 11) is 0. The van der Waals surface area contributed by atoms with Crippen molar-refractivity contribution in [1.82, 2.24) is 4.98 Å². The van der Waals surface area contributed by atoms with E-state index in [0.29, 0.717) is 15.7 Å². The van der Waals surface area contributed by atoms with Crippen LogP contribution in [0.25, 0.3) is 0 Å². The van der Waals surface area contributed by atoms with Gasteiger partial charge in [-0.2, -0.15) is 0 Å². The lowest BCUT2D eigenvalue weighted by Gasteiger charge is -2.07. The Hall–Kier alpha value is -1.40. The molecule has 1 aromatic heterocycles. The van der Waals surface area contributed by atoms with Crippen molar-refractivity contribution >= 4 is 44.0 Å². The van der Waals surface area contributed by atoms with Crippen LogP contribution in [0.5, 0.6) is 0 Å². The Kier molecular flexibility index (Phi) is 3.68. The number of halogens is 1. The first kappa shape index (κ1) is 13.0.